The van der Waals surface area contributed by atoms with E-state index in [9.17, 15) is 4.79 Å². The summed E-state index contributed by atoms with van der Waals surface area (Å²) in [7, 11) is 0. The molecule has 2 aliphatic rings. The Morgan fingerprint density at radius 3 is 2.45 bits per heavy atom. The van der Waals surface area contributed by atoms with Crippen molar-refractivity contribution in [2.24, 2.45) is 0 Å². The monoisotopic (exact) mass is 387 g/mol. The maximum Gasteiger partial charge on any atom is 0.344 e. The van der Waals surface area contributed by atoms with Gasteiger partial charge in [-0.15, -0.1) is 0 Å². The minimum Gasteiger partial charge on any atom is -0.486 e. The molecule has 0 N–H and O–H groups in total. The summed E-state index contributed by atoms with van der Waals surface area (Å²) in [4.78, 5) is 14.6. The Balaban J connectivity index is 1.47. The highest BCUT2D eigenvalue weighted by Crippen LogP contribution is 2.38. The summed E-state index contributed by atoms with van der Waals surface area (Å²) in [5, 5.41) is 2.38. The fourth-order valence-corrected chi connectivity index (χ4v) is 4.05. The van der Waals surface area contributed by atoms with E-state index in [-0.39, 0.29) is 5.63 Å². The minimum absolute atomic E-state index is 0.335. The van der Waals surface area contributed by atoms with Crippen LogP contribution in [0.4, 0.5) is 5.69 Å². The van der Waals surface area contributed by atoms with Gasteiger partial charge in [-0.3, -0.25) is 0 Å². The predicted molar refractivity (Wildman–Crippen MR) is 109 cm³/mol. The second-order valence-corrected chi connectivity index (χ2v) is 7.15. The Bertz CT molecular complexity index is 1330. The molecule has 6 rings (SSSR count). The lowest BCUT2D eigenvalue weighted by atomic mass is 10.0. The number of hydrogen-bond acceptors (Lipinski definition) is 6. The van der Waals surface area contributed by atoms with Crippen molar-refractivity contribution in [1.82, 2.24) is 0 Å². The van der Waals surface area contributed by atoms with Crippen LogP contribution in [0.15, 0.2) is 63.8 Å². The molecule has 0 atom stereocenters. The van der Waals surface area contributed by atoms with Crippen LogP contribution < -0.4 is 24.7 Å². The van der Waals surface area contributed by atoms with Crippen molar-refractivity contribution in [2.75, 3.05) is 24.8 Å². The minimum atomic E-state index is -0.335. The summed E-state index contributed by atoms with van der Waals surface area (Å²) in [6.45, 7) is 2.06. The number of anilines is 1. The number of benzene rings is 3. The van der Waals surface area contributed by atoms with E-state index in [2.05, 4.69) is 4.90 Å². The Morgan fingerprint density at radius 2 is 1.55 bits per heavy atom. The Labute approximate surface area is 165 Å². The van der Waals surface area contributed by atoms with Gasteiger partial charge < -0.3 is 23.5 Å². The number of hydrogen-bond donors (Lipinski definition) is 0. The maximum absolute atomic E-state index is 12.5. The zero-order chi connectivity index (χ0) is 19.4. The van der Waals surface area contributed by atoms with Crippen molar-refractivity contribution in [3.05, 3.63) is 70.6 Å². The number of ether oxygens (including phenoxy) is 3. The summed E-state index contributed by atoms with van der Waals surface area (Å²) in [5.74, 6) is 2.22. The van der Waals surface area contributed by atoms with E-state index in [0.717, 1.165) is 39.3 Å². The van der Waals surface area contributed by atoms with Crippen molar-refractivity contribution < 1.29 is 18.6 Å². The van der Waals surface area contributed by atoms with E-state index < -0.39 is 0 Å². The van der Waals surface area contributed by atoms with Gasteiger partial charge in [0.05, 0.1) is 17.5 Å². The van der Waals surface area contributed by atoms with Crippen LogP contribution in [0.2, 0.25) is 0 Å². The molecule has 29 heavy (non-hydrogen) atoms. The summed E-state index contributed by atoms with van der Waals surface area (Å²) in [6, 6.07) is 17.3. The molecule has 0 spiro atoms. The first-order valence-electron chi connectivity index (χ1n) is 9.53. The smallest absolute Gasteiger partial charge is 0.344 e. The Kier molecular flexibility index (Phi) is 3.47. The zero-order valence-electron chi connectivity index (χ0n) is 15.5. The Morgan fingerprint density at radius 1 is 0.759 bits per heavy atom. The van der Waals surface area contributed by atoms with Gasteiger partial charge in [-0.1, -0.05) is 18.2 Å². The van der Waals surface area contributed by atoms with Crippen LogP contribution >= 0.6 is 0 Å². The number of rotatable bonds is 1. The number of fused-ring (bicyclic) bond motifs is 6. The van der Waals surface area contributed by atoms with E-state index in [0.29, 0.717) is 37.5 Å². The quantitative estimate of drug-likeness (QED) is 0.362. The van der Waals surface area contributed by atoms with Gasteiger partial charge in [0.25, 0.3) is 0 Å². The van der Waals surface area contributed by atoms with Crippen LogP contribution in [0.3, 0.4) is 0 Å². The summed E-state index contributed by atoms with van der Waals surface area (Å²) in [5.41, 5.74) is 2.07. The SMILES string of the molecule is O=c1oc2c3c(ccc2c2ccccc12)OCN(c1ccc2c(c1)OCCO2)C3. The van der Waals surface area contributed by atoms with Gasteiger partial charge in [-0.25, -0.2) is 4.79 Å². The van der Waals surface area contributed by atoms with E-state index >= 15 is 0 Å². The van der Waals surface area contributed by atoms with Gasteiger partial charge in [0.15, 0.2) is 18.2 Å². The topological polar surface area (TPSA) is 61.1 Å². The molecule has 0 unspecified atom stereocenters. The fourth-order valence-electron chi connectivity index (χ4n) is 4.05. The van der Waals surface area contributed by atoms with Crippen molar-refractivity contribution in [3.63, 3.8) is 0 Å². The molecule has 3 heterocycles. The molecule has 0 aliphatic carbocycles. The first kappa shape index (κ1) is 16.3. The maximum atomic E-state index is 12.5. The lowest BCUT2D eigenvalue weighted by Gasteiger charge is -2.31. The first-order valence-corrected chi connectivity index (χ1v) is 9.53. The summed E-state index contributed by atoms with van der Waals surface area (Å²) < 4.78 is 23.0. The van der Waals surface area contributed by atoms with E-state index in [1.165, 1.54) is 0 Å². The van der Waals surface area contributed by atoms with Gasteiger partial charge in [-0.05, 0) is 35.7 Å². The van der Waals surface area contributed by atoms with E-state index in [1.807, 2.05) is 48.5 Å². The second kappa shape index (κ2) is 6.17. The lowest BCUT2D eigenvalue weighted by Crippen LogP contribution is -2.32. The largest absolute Gasteiger partial charge is 0.486 e. The van der Waals surface area contributed by atoms with Gasteiger partial charge in [0.1, 0.15) is 24.5 Å². The lowest BCUT2D eigenvalue weighted by molar-refractivity contribution is 0.171. The average molecular weight is 387 g/mol. The fraction of sp³-hybridized carbons (Fsp3) is 0.174. The van der Waals surface area contributed by atoms with Gasteiger partial charge in [0, 0.05) is 17.1 Å². The highest BCUT2D eigenvalue weighted by Gasteiger charge is 2.24. The molecule has 3 aromatic carbocycles. The van der Waals surface area contributed by atoms with Crippen LogP contribution in [0, 0.1) is 0 Å². The molecule has 1 aromatic heterocycles. The van der Waals surface area contributed by atoms with Crippen LogP contribution in [0.5, 0.6) is 17.2 Å². The molecule has 0 radical (unpaired) electrons. The van der Waals surface area contributed by atoms with Crippen LogP contribution in [0.1, 0.15) is 5.56 Å². The molecule has 144 valence electrons. The molecule has 6 nitrogen and oxygen atoms in total. The van der Waals surface area contributed by atoms with Crippen molar-refractivity contribution >= 4 is 27.4 Å². The average Bonchev–Trinajstić information content (AvgIpc) is 2.78. The van der Waals surface area contributed by atoms with Crippen molar-refractivity contribution in [2.45, 2.75) is 6.54 Å². The molecule has 0 amide bonds. The predicted octanol–water partition coefficient (Wildman–Crippen LogP) is 4.07. The molecular formula is C23H17NO5. The second-order valence-electron chi connectivity index (χ2n) is 7.15. The third kappa shape index (κ3) is 2.52. The molecule has 0 saturated heterocycles. The number of nitrogens with zero attached hydrogens (tertiary/aromatic N) is 1. The van der Waals surface area contributed by atoms with Crippen LogP contribution in [0.25, 0.3) is 21.7 Å². The highest BCUT2D eigenvalue weighted by molar-refractivity contribution is 6.05. The van der Waals surface area contributed by atoms with Crippen molar-refractivity contribution in [1.29, 1.82) is 0 Å². The van der Waals surface area contributed by atoms with E-state index in [4.69, 9.17) is 18.6 Å². The first-order chi connectivity index (χ1) is 14.3. The third-order valence-corrected chi connectivity index (χ3v) is 5.47. The van der Waals surface area contributed by atoms with Gasteiger partial charge >= 0.3 is 5.63 Å². The van der Waals surface area contributed by atoms with E-state index in [1.54, 1.807) is 6.07 Å². The van der Waals surface area contributed by atoms with Gasteiger partial charge in [-0.2, -0.15) is 0 Å². The normalized spacial score (nSPS) is 15.2. The molecule has 2 aliphatic heterocycles. The molecular weight excluding hydrogens is 370 g/mol. The third-order valence-electron chi connectivity index (χ3n) is 5.47. The highest BCUT2D eigenvalue weighted by atomic mass is 16.6. The van der Waals surface area contributed by atoms with Crippen LogP contribution in [-0.4, -0.2) is 19.9 Å². The van der Waals surface area contributed by atoms with Crippen molar-refractivity contribution in [3.8, 4) is 17.2 Å². The summed E-state index contributed by atoms with van der Waals surface area (Å²) >= 11 is 0. The standard InChI is InChI=1S/C23H17NO5/c25-23-17-4-2-1-3-15(17)16-6-8-19-18(22(16)29-23)12-24(13-28-19)14-5-7-20-21(11-14)27-10-9-26-20/h1-8,11H,9-10,12-13H2. The van der Waals surface area contributed by atoms with Gasteiger partial charge in [0.2, 0.25) is 0 Å². The Hall–Kier alpha value is -3.67. The molecule has 0 fully saturated rings. The molecule has 0 saturated carbocycles. The zero-order valence-corrected chi connectivity index (χ0v) is 15.5. The molecule has 6 heteroatoms. The molecule has 0 bridgehead atoms. The molecule has 4 aromatic rings. The van der Waals surface area contributed by atoms with Crippen LogP contribution in [-0.2, 0) is 6.54 Å². The summed E-state index contributed by atoms with van der Waals surface area (Å²) in [6.07, 6.45) is 0.